The lowest BCUT2D eigenvalue weighted by Crippen LogP contribution is -2.29. The second kappa shape index (κ2) is 10.1. The number of thiazole rings is 2. The van der Waals surface area contributed by atoms with Gasteiger partial charge in [-0.1, -0.05) is 87.1 Å². The monoisotopic (exact) mass is 666 g/mol. The van der Waals surface area contributed by atoms with Crippen LogP contribution >= 0.6 is 22.7 Å². The van der Waals surface area contributed by atoms with Crippen molar-refractivity contribution in [1.82, 2.24) is 9.97 Å². The molecule has 4 aromatic rings. The molecule has 0 amide bonds. The van der Waals surface area contributed by atoms with Crippen LogP contribution in [0, 0.1) is 0 Å². The highest BCUT2D eigenvalue weighted by Gasteiger charge is 2.60. The average Bonchev–Trinajstić information content (AvgIpc) is 3.93. The van der Waals surface area contributed by atoms with Gasteiger partial charge in [-0.25, -0.2) is 9.97 Å². The minimum Gasteiger partial charge on any atom is -0.288 e. The molecule has 0 unspecified atom stereocenters. The number of carbonyl (C=O) groups excluding carboxylic acids is 4. The number of benzene rings is 2. The van der Waals surface area contributed by atoms with E-state index in [1.807, 2.05) is 0 Å². The molecule has 2 heterocycles. The van der Waals surface area contributed by atoms with E-state index in [1.165, 1.54) is 33.7 Å². The second-order valence-corrected chi connectivity index (χ2v) is 16.1. The van der Waals surface area contributed by atoms with Crippen LogP contribution in [0.1, 0.15) is 137 Å². The molecule has 0 saturated heterocycles. The fourth-order valence-corrected chi connectivity index (χ4v) is 12.0. The lowest BCUT2D eigenvalue weighted by Gasteiger charge is -2.35. The van der Waals surface area contributed by atoms with Crippen molar-refractivity contribution in [3.05, 3.63) is 113 Å². The molecule has 0 N–H and O–H groups in total. The summed E-state index contributed by atoms with van der Waals surface area (Å²) in [5.74, 6) is -0.896. The van der Waals surface area contributed by atoms with Gasteiger partial charge in [-0.2, -0.15) is 0 Å². The van der Waals surface area contributed by atoms with E-state index in [-0.39, 0.29) is 45.1 Å². The van der Waals surface area contributed by atoms with E-state index in [4.69, 9.17) is 9.97 Å². The average molecular weight is 667 g/mol. The van der Waals surface area contributed by atoms with E-state index in [2.05, 4.69) is 0 Å². The third-order valence-electron chi connectivity index (χ3n) is 11.6. The number of nitrogens with zero attached hydrogens (tertiary/aromatic N) is 2. The molecule has 2 fully saturated rings. The third kappa shape index (κ3) is 3.62. The van der Waals surface area contributed by atoms with Crippen molar-refractivity contribution in [3.63, 3.8) is 0 Å². The quantitative estimate of drug-likeness (QED) is 0.157. The first-order valence-electron chi connectivity index (χ1n) is 17.0. The molecule has 10 rings (SSSR count). The van der Waals surface area contributed by atoms with E-state index >= 15 is 0 Å². The number of aromatic nitrogens is 2. The number of Topliss-reactive ketones (excluding diaryl/α,β-unsaturated/α-hetero) is 4. The molecule has 6 aliphatic carbocycles. The Kier molecular flexibility index (Phi) is 5.99. The standard InChI is InChI=1S/C40H30N2O4S2/c43-31-21-11-3-4-12-22(21)32(44)25(31)19-27-41-37-36(48-27)30-29(39(37)15-7-1-8-16-39)35-38(40(30)17-9-2-10-18-40)42-28(47-35)20-26-33(45)23-13-5-6-14-24(23)34(26)46/h3-6,11-14,19-20H,1-2,7-10,15-18H2. The fraction of sp³-hybridized carbons (Fsp3) is 0.300. The Morgan fingerprint density at radius 1 is 0.500 bits per heavy atom. The van der Waals surface area contributed by atoms with Gasteiger partial charge in [0.2, 0.25) is 0 Å². The van der Waals surface area contributed by atoms with Gasteiger partial charge in [0.05, 0.1) is 32.3 Å². The predicted molar refractivity (Wildman–Crippen MR) is 187 cm³/mol. The Morgan fingerprint density at radius 2 is 0.833 bits per heavy atom. The maximum Gasteiger partial charge on any atom is 0.197 e. The summed E-state index contributed by atoms with van der Waals surface area (Å²) in [4.78, 5) is 66.3. The fourth-order valence-electron chi connectivity index (χ4n) is 9.50. The Balaban J connectivity index is 1.13. The molecule has 0 bridgehead atoms. The minimum absolute atomic E-state index is 0.200. The van der Waals surface area contributed by atoms with Crippen molar-refractivity contribution in [1.29, 1.82) is 0 Å². The zero-order valence-electron chi connectivity index (χ0n) is 26.2. The van der Waals surface area contributed by atoms with Crippen LogP contribution in [0.25, 0.3) is 23.3 Å². The Hall–Kier alpha value is -4.40. The second-order valence-electron chi connectivity index (χ2n) is 14.0. The van der Waals surface area contributed by atoms with Crippen LogP contribution in [0.3, 0.4) is 0 Å². The molecular formula is C40H30N2O4S2. The van der Waals surface area contributed by atoms with Crippen LogP contribution in [0.4, 0.5) is 0 Å². The summed E-state index contributed by atoms with van der Waals surface area (Å²) in [6, 6.07) is 14.1. The Bertz CT molecular complexity index is 2050. The summed E-state index contributed by atoms with van der Waals surface area (Å²) in [6.07, 6.45) is 14.3. The first-order valence-corrected chi connectivity index (χ1v) is 18.6. The van der Waals surface area contributed by atoms with Gasteiger partial charge in [-0.05, 0) is 49.0 Å². The minimum atomic E-state index is -0.245. The maximum absolute atomic E-state index is 13.3. The molecule has 6 nitrogen and oxygen atoms in total. The van der Waals surface area contributed by atoms with E-state index < -0.39 is 0 Å². The van der Waals surface area contributed by atoms with Gasteiger partial charge >= 0.3 is 0 Å². The van der Waals surface area contributed by atoms with Crippen molar-refractivity contribution >= 4 is 69.1 Å². The number of fused-ring (bicyclic) bond motifs is 10. The van der Waals surface area contributed by atoms with Crippen LogP contribution in [0.15, 0.2) is 59.7 Å². The van der Waals surface area contributed by atoms with E-state index in [0.717, 1.165) is 72.8 Å². The third-order valence-corrected chi connectivity index (χ3v) is 13.7. The van der Waals surface area contributed by atoms with Crippen molar-refractivity contribution in [2.24, 2.45) is 0 Å². The molecule has 0 atom stereocenters. The normalized spacial score (nSPS) is 21.2. The maximum atomic E-state index is 13.3. The number of allylic oxidation sites excluding steroid dienone is 4. The van der Waals surface area contributed by atoms with Gasteiger partial charge in [0.25, 0.3) is 0 Å². The molecule has 6 aliphatic rings. The lowest BCUT2D eigenvalue weighted by atomic mass is 9.68. The number of carbonyl (C=O) groups is 4. The van der Waals surface area contributed by atoms with E-state index in [1.54, 1.807) is 83.4 Å². The largest absolute Gasteiger partial charge is 0.288 e. The zero-order valence-corrected chi connectivity index (χ0v) is 27.8. The number of rotatable bonds is 2. The predicted octanol–water partition coefficient (Wildman–Crippen LogP) is 8.87. The Labute approximate surface area is 285 Å². The summed E-state index contributed by atoms with van der Waals surface area (Å²) in [6.45, 7) is 0. The van der Waals surface area contributed by atoms with Gasteiger partial charge in [-0.3, -0.25) is 19.2 Å². The van der Waals surface area contributed by atoms with Crippen LogP contribution in [-0.2, 0) is 10.8 Å². The van der Waals surface area contributed by atoms with Gasteiger partial charge in [0.1, 0.15) is 10.0 Å². The molecule has 0 radical (unpaired) electrons. The first kappa shape index (κ1) is 28.6. The summed E-state index contributed by atoms with van der Waals surface area (Å²) in [5, 5.41) is 1.44. The molecular weight excluding hydrogens is 637 g/mol. The topological polar surface area (TPSA) is 94.1 Å². The number of ketones is 4. The molecule has 2 spiro atoms. The van der Waals surface area contributed by atoms with Crippen LogP contribution in [0.5, 0.6) is 0 Å². The number of hydrogen-bond acceptors (Lipinski definition) is 8. The zero-order chi connectivity index (χ0) is 32.4. The molecule has 2 aromatic carbocycles. The highest BCUT2D eigenvalue weighted by molar-refractivity contribution is 7.15. The summed E-state index contributed by atoms with van der Waals surface area (Å²) >= 11 is 3.25. The Morgan fingerprint density at radius 3 is 1.17 bits per heavy atom. The first-order chi connectivity index (χ1) is 23.4. The SMILES string of the molecule is O=C1C(=Cc2nc3c(s2)C2=C(c4sc(C=C5C(=O)c6ccccc6C5=O)nc4C24CCCCC4)C32CCCCC2)C(=O)c2ccccc21. The van der Waals surface area contributed by atoms with Crippen molar-refractivity contribution in [3.8, 4) is 0 Å². The molecule has 48 heavy (non-hydrogen) atoms. The van der Waals surface area contributed by atoms with Gasteiger partial charge < -0.3 is 0 Å². The van der Waals surface area contributed by atoms with E-state index in [0.29, 0.717) is 22.3 Å². The van der Waals surface area contributed by atoms with Gasteiger partial charge in [-0.15, -0.1) is 22.7 Å². The molecule has 8 heteroatoms. The lowest BCUT2D eigenvalue weighted by molar-refractivity contribution is 0.0975. The van der Waals surface area contributed by atoms with Crippen LogP contribution in [0.2, 0.25) is 0 Å². The summed E-state index contributed by atoms with van der Waals surface area (Å²) in [5.41, 5.74) is 6.75. The molecule has 2 saturated carbocycles. The van der Waals surface area contributed by atoms with Gasteiger partial charge in [0, 0.05) is 33.1 Å². The highest BCUT2D eigenvalue weighted by atomic mass is 32.1. The van der Waals surface area contributed by atoms with Crippen molar-refractivity contribution in [2.45, 2.75) is 75.0 Å². The molecule has 2 aromatic heterocycles. The summed E-state index contributed by atoms with van der Waals surface area (Å²) < 4.78 is 0. The van der Waals surface area contributed by atoms with E-state index in [9.17, 15) is 19.2 Å². The van der Waals surface area contributed by atoms with Crippen LogP contribution in [-0.4, -0.2) is 33.1 Å². The van der Waals surface area contributed by atoms with Crippen LogP contribution < -0.4 is 0 Å². The smallest absolute Gasteiger partial charge is 0.197 e. The van der Waals surface area contributed by atoms with Crippen molar-refractivity contribution in [2.75, 3.05) is 0 Å². The molecule has 236 valence electrons. The number of hydrogen-bond donors (Lipinski definition) is 0. The highest BCUT2D eigenvalue weighted by Crippen LogP contribution is 2.70. The van der Waals surface area contributed by atoms with Gasteiger partial charge in [0.15, 0.2) is 23.1 Å². The summed E-state index contributed by atoms with van der Waals surface area (Å²) in [7, 11) is 0. The van der Waals surface area contributed by atoms with Crippen molar-refractivity contribution < 1.29 is 19.2 Å². The molecule has 0 aliphatic heterocycles.